The Morgan fingerprint density at radius 1 is 1.65 bits per heavy atom. The molecule has 1 aromatic rings. The Morgan fingerprint density at radius 2 is 2.35 bits per heavy atom. The third-order valence-corrected chi connectivity index (χ3v) is 3.41. The fourth-order valence-electron chi connectivity index (χ4n) is 1.91. The van der Waals surface area contributed by atoms with Crippen molar-refractivity contribution in [2.45, 2.75) is 45.1 Å². The number of ether oxygens (including phenoxy) is 1. The standard InChI is InChI=1S/C14H24N2O4/c1-5-10(2)11-8-12(20-16-11)13(18)15-14(3,6-7-17)9-19-4/h8,10,17H,5-7,9H2,1-4H3,(H,15,18). The molecule has 2 atom stereocenters. The number of hydrogen-bond donors (Lipinski definition) is 2. The van der Waals surface area contributed by atoms with Crippen molar-refractivity contribution >= 4 is 5.91 Å². The molecule has 0 saturated carbocycles. The predicted octanol–water partition coefficient (Wildman–Crippen LogP) is 1.71. The first-order chi connectivity index (χ1) is 9.45. The Kier molecular flexibility index (Phi) is 6.16. The van der Waals surface area contributed by atoms with Crippen LogP contribution in [-0.2, 0) is 4.74 Å². The molecule has 6 nitrogen and oxygen atoms in total. The first-order valence-corrected chi connectivity index (χ1v) is 6.84. The van der Waals surface area contributed by atoms with Crippen molar-refractivity contribution in [3.63, 3.8) is 0 Å². The van der Waals surface area contributed by atoms with Crippen LogP contribution in [0.1, 0.15) is 55.8 Å². The van der Waals surface area contributed by atoms with Crippen LogP contribution < -0.4 is 5.32 Å². The minimum absolute atomic E-state index is 0.0331. The van der Waals surface area contributed by atoms with Gasteiger partial charge in [0.2, 0.25) is 5.76 Å². The zero-order chi connectivity index (χ0) is 15.2. The quantitative estimate of drug-likeness (QED) is 0.759. The summed E-state index contributed by atoms with van der Waals surface area (Å²) in [4.78, 5) is 12.2. The summed E-state index contributed by atoms with van der Waals surface area (Å²) in [5.41, 5.74) is 0.137. The molecule has 1 aromatic heterocycles. The lowest BCUT2D eigenvalue weighted by atomic mass is 9.99. The molecule has 2 N–H and O–H groups in total. The van der Waals surface area contributed by atoms with Gasteiger partial charge in [0, 0.05) is 25.7 Å². The molecular formula is C14H24N2O4. The fraction of sp³-hybridized carbons (Fsp3) is 0.714. The summed E-state index contributed by atoms with van der Waals surface area (Å²) in [5.74, 6) is 0.0868. The van der Waals surface area contributed by atoms with E-state index in [1.165, 1.54) is 0 Å². The van der Waals surface area contributed by atoms with Crippen molar-refractivity contribution in [2.75, 3.05) is 20.3 Å². The molecule has 114 valence electrons. The van der Waals surface area contributed by atoms with Crippen LogP contribution >= 0.6 is 0 Å². The van der Waals surface area contributed by atoms with E-state index in [4.69, 9.17) is 14.4 Å². The summed E-state index contributed by atoms with van der Waals surface area (Å²) in [6.07, 6.45) is 1.33. The van der Waals surface area contributed by atoms with Crippen LogP contribution in [0.4, 0.5) is 0 Å². The number of methoxy groups -OCH3 is 1. The van der Waals surface area contributed by atoms with Gasteiger partial charge in [-0.1, -0.05) is 19.0 Å². The third kappa shape index (κ3) is 4.31. The summed E-state index contributed by atoms with van der Waals surface area (Å²) in [5, 5.41) is 15.8. The van der Waals surface area contributed by atoms with Crippen LogP contribution in [-0.4, -0.2) is 42.0 Å². The molecule has 1 heterocycles. The summed E-state index contributed by atoms with van der Waals surface area (Å²) >= 11 is 0. The Balaban J connectivity index is 2.76. The second kappa shape index (κ2) is 7.40. The van der Waals surface area contributed by atoms with E-state index in [1.54, 1.807) is 13.2 Å². The van der Waals surface area contributed by atoms with Crippen LogP contribution in [0, 0.1) is 0 Å². The van der Waals surface area contributed by atoms with Crippen LogP contribution in [0.2, 0.25) is 0 Å². The monoisotopic (exact) mass is 284 g/mol. The molecule has 0 spiro atoms. The molecule has 1 rings (SSSR count). The number of aliphatic hydroxyl groups excluding tert-OH is 1. The highest BCUT2D eigenvalue weighted by atomic mass is 16.5. The molecule has 0 radical (unpaired) electrons. The van der Waals surface area contributed by atoms with Gasteiger partial charge in [0.1, 0.15) is 0 Å². The highest BCUT2D eigenvalue weighted by Gasteiger charge is 2.28. The molecular weight excluding hydrogens is 260 g/mol. The maximum absolute atomic E-state index is 12.2. The van der Waals surface area contributed by atoms with E-state index >= 15 is 0 Å². The van der Waals surface area contributed by atoms with Crippen molar-refractivity contribution in [3.8, 4) is 0 Å². The van der Waals surface area contributed by atoms with E-state index in [0.29, 0.717) is 13.0 Å². The lowest BCUT2D eigenvalue weighted by molar-refractivity contribution is 0.0696. The number of aliphatic hydroxyl groups is 1. The van der Waals surface area contributed by atoms with Crippen molar-refractivity contribution in [1.82, 2.24) is 10.5 Å². The lowest BCUT2D eigenvalue weighted by Gasteiger charge is -2.28. The second-order valence-corrected chi connectivity index (χ2v) is 5.35. The van der Waals surface area contributed by atoms with Gasteiger partial charge < -0.3 is 19.7 Å². The maximum atomic E-state index is 12.2. The minimum atomic E-state index is -0.635. The first-order valence-electron chi connectivity index (χ1n) is 6.84. The largest absolute Gasteiger partial charge is 0.396 e. The molecule has 1 amide bonds. The smallest absolute Gasteiger partial charge is 0.290 e. The second-order valence-electron chi connectivity index (χ2n) is 5.35. The molecule has 0 aromatic carbocycles. The summed E-state index contributed by atoms with van der Waals surface area (Å²) in [7, 11) is 1.55. The van der Waals surface area contributed by atoms with Gasteiger partial charge in [0.05, 0.1) is 17.8 Å². The Labute approximate surface area is 119 Å². The lowest BCUT2D eigenvalue weighted by Crippen LogP contribution is -2.49. The first kappa shape index (κ1) is 16.7. The zero-order valence-corrected chi connectivity index (χ0v) is 12.6. The number of carbonyl (C=O) groups is 1. The Hall–Kier alpha value is -1.40. The normalized spacial score (nSPS) is 15.7. The van der Waals surface area contributed by atoms with Crippen molar-refractivity contribution in [3.05, 3.63) is 17.5 Å². The summed E-state index contributed by atoms with van der Waals surface area (Å²) in [6, 6.07) is 1.66. The molecule has 2 unspecified atom stereocenters. The van der Waals surface area contributed by atoms with Crippen molar-refractivity contribution in [2.24, 2.45) is 0 Å². The maximum Gasteiger partial charge on any atom is 0.290 e. The van der Waals surface area contributed by atoms with Gasteiger partial charge in [-0.15, -0.1) is 0 Å². The van der Waals surface area contributed by atoms with Crippen LogP contribution in [0.3, 0.4) is 0 Å². The van der Waals surface area contributed by atoms with Gasteiger partial charge in [0.15, 0.2) is 0 Å². The van der Waals surface area contributed by atoms with Gasteiger partial charge in [0.25, 0.3) is 5.91 Å². The van der Waals surface area contributed by atoms with Gasteiger partial charge in [-0.2, -0.15) is 0 Å². The number of carbonyl (C=O) groups excluding carboxylic acids is 1. The highest BCUT2D eigenvalue weighted by molar-refractivity contribution is 5.92. The van der Waals surface area contributed by atoms with Crippen molar-refractivity contribution in [1.29, 1.82) is 0 Å². The molecule has 20 heavy (non-hydrogen) atoms. The molecule has 0 aliphatic heterocycles. The van der Waals surface area contributed by atoms with E-state index < -0.39 is 5.54 Å². The fourth-order valence-corrected chi connectivity index (χ4v) is 1.91. The molecule has 0 saturated heterocycles. The zero-order valence-electron chi connectivity index (χ0n) is 12.6. The third-order valence-electron chi connectivity index (χ3n) is 3.41. The number of rotatable bonds is 8. The summed E-state index contributed by atoms with van der Waals surface area (Å²) in [6.45, 7) is 6.17. The van der Waals surface area contributed by atoms with Crippen LogP contribution in [0.15, 0.2) is 10.6 Å². The van der Waals surface area contributed by atoms with Crippen LogP contribution in [0.5, 0.6) is 0 Å². The molecule has 0 fully saturated rings. The average molecular weight is 284 g/mol. The topological polar surface area (TPSA) is 84.6 Å². The average Bonchev–Trinajstić information content (AvgIpc) is 2.87. The van der Waals surface area contributed by atoms with Crippen LogP contribution in [0.25, 0.3) is 0 Å². The Morgan fingerprint density at radius 3 is 2.90 bits per heavy atom. The summed E-state index contributed by atoms with van der Waals surface area (Å²) < 4.78 is 10.2. The van der Waals surface area contributed by atoms with Gasteiger partial charge in [-0.05, 0) is 19.8 Å². The minimum Gasteiger partial charge on any atom is -0.396 e. The number of aromatic nitrogens is 1. The highest BCUT2D eigenvalue weighted by Crippen LogP contribution is 2.19. The van der Waals surface area contributed by atoms with E-state index in [2.05, 4.69) is 17.4 Å². The number of nitrogens with one attached hydrogen (secondary N) is 1. The molecule has 6 heteroatoms. The van der Waals surface area contributed by atoms with Crippen molar-refractivity contribution < 1.29 is 19.2 Å². The number of nitrogens with zero attached hydrogens (tertiary/aromatic N) is 1. The number of amides is 1. The van der Waals surface area contributed by atoms with E-state index in [9.17, 15) is 4.79 Å². The molecule has 0 aliphatic rings. The SMILES string of the molecule is CCC(C)c1cc(C(=O)NC(C)(CCO)COC)on1. The van der Waals surface area contributed by atoms with E-state index in [0.717, 1.165) is 12.1 Å². The van der Waals surface area contributed by atoms with E-state index in [-0.39, 0.29) is 24.2 Å². The molecule has 0 bridgehead atoms. The van der Waals surface area contributed by atoms with E-state index in [1.807, 2.05) is 13.8 Å². The van der Waals surface area contributed by atoms with Gasteiger partial charge >= 0.3 is 0 Å². The number of hydrogen-bond acceptors (Lipinski definition) is 5. The van der Waals surface area contributed by atoms with Gasteiger partial charge in [-0.3, -0.25) is 4.79 Å². The Bertz CT molecular complexity index is 425. The molecule has 0 aliphatic carbocycles. The predicted molar refractivity (Wildman–Crippen MR) is 74.7 cm³/mol. The van der Waals surface area contributed by atoms with Gasteiger partial charge in [-0.25, -0.2) is 0 Å².